The molecule has 1 aromatic heterocycles. The van der Waals surface area contributed by atoms with Crippen molar-refractivity contribution in [3.8, 4) is 5.75 Å². The lowest BCUT2D eigenvalue weighted by molar-refractivity contribution is 0.293. The van der Waals surface area contributed by atoms with Gasteiger partial charge >= 0.3 is 0 Å². The van der Waals surface area contributed by atoms with Crippen LogP contribution in [0.25, 0.3) is 10.9 Å². The van der Waals surface area contributed by atoms with Crippen LogP contribution in [0.3, 0.4) is 0 Å². The summed E-state index contributed by atoms with van der Waals surface area (Å²) in [5.41, 5.74) is 0.541. The van der Waals surface area contributed by atoms with E-state index < -0.39 is 15.3 Å². The van der Waals surface area contributed by atoms with E-state index in [1.807, 2.05) is 18.2 Å². The Balaban J connectivity index is 2.02. The number of sulfone groups is 1. The van der Waals surface area contributed by atoms with Gasteiger partial charge in [-0.15, -0.1) is 11.6 Å². The number of fused-ring (bicyclic) bond motifs is 1. The van der Waals surface area contributed by atoms with E-state index in [9.17, 15) is 8.42 Å². The van der Waals surface area contributed by atoms with E-state index in [4.69, 9.17) is 16.3 Å². The molecule has 0 aliphatic carbocycles. The van der Waals surface area contributed by atoms with Gasteiger partial charge in [0.25, 0.3) is 0 Å². The molecule has 0 N–H and O–H groups in total. The first-order valence-electron chi connectivity index (χ1n) is 8.12. The summed E-state index contributed by atoms with van der Waals surface area (Å²) in [6.45, 7) is 1.52. The second-order valence-corrected chi connectivity index (χ2v) is 10.2. The number of aromatic nitrogens is 1. The molecule has 142 valence electrons. The molecule has 1 atom stereocenters. The van der Waals surface area contributed by atoms with Gasteiger partial charge in [0.15, 0.2) is 5.75 Å². The summed E-state index contributed by atoms with van der Waals surface area (Å²) >= 11 is 12.7. The number of aryl methyl sites for hydroxylation is 1. The normalized spacial score (nSPS) is 12.9. The van der Waals surface area contributed by atoms with Gasteiger partial charge < -0.3 is 4.74 Å². The van der Waals surface area contributed by atoms with Crippen molar-refractivity contribution in [2.24, 2.45) is 0 Å². The van der Waals surface area contributed by atoms with Crippen molar-refractivity contribution >= 4 is 64.2 Å². The Kier molecular flexibility index (Phi) is 6.46. The Morgan fingerprint density at radius 2 is 1.89 bits per heavy atom. The van der Waals surface area contributed by atoms with Gasteiger partial charge in [0.2, 0.25) is 15.3 Å². The highest BCUT2D eigenvalue weighted by atomic mass is 79.9. The number of alkyl halides is 1. The molecule has 27 heavy (non-hydrogen) atoms. The van der Waals surface area contributed by atoms with E-state index >= 15 is 0 Å². The summed E-state index contributed by atoms with van der Waals surface area (Å²) < 4.78 is 33.1. The first kappa shape index (κ1) is 20.6. The third-order valence-corrected chi connectivity index (χ3v) is 7.32. The van der Waals surface area contributed by atoms with Crippen LogP contribution in [-0.2, 0) is 16.3 Å². The number of benzene rings is 2. The molecule has 2 aromatic carbocycles. The molecule has 0 saturated heterocycles. The van der Waals surface area contributed by atoms with Crippen LogP contribution in [0.2, 0.25) is 0 Å². The van der Waals surface area contributed by atoms with Gasteiger partial charge in [-0.1, -0.05) is 22.0 Å². The summed E-state index contributed by atoms with van der Waals surface area (Å²) in [6, 6.07) is 12.1. The molecule has 3 aromatic rings. The van der Waals surface area contributed by atoms with Gasteiger partial charge in [0.1, 0.15) is 5.52 Å². The third kappa shape index (κ3) is 4.31. The maximum absolute atomic E-state index is 12.9. The Morgan fingerprint density at radius 3 is 2.56 bits per heavy atom. The van der Waals surface area contributed by atoms with Crippen molar-refractivity contribution in [3.63, 3.8) is 0 Å². The van der Waals surface area contributed by atoms with E-state index in [1.54, 1.807) is 30.5 Å². The zero-order valence-electron chi connectivity index (χ0n) is 14.3. The van der Waals surface area contributed by atoms with Gasteiger partial charge in [-0.3, -0.25) is 4.98 Å². The Bertz CT molecular complexity index is 1070. The second kappa shape index (κ2) is 8.47. The fraction of sp³-hybridized carbons (Fsp3) is 0.211. The largest absolute Gasteiger partial charge is 0.471 e. The number of hydrogen-bond donors (Lipinski definition) is 0. The van der Waals surface area contributed by atoms with Crippen molar-refractivity contribution in [1.29, 1.82) is 0 Å². The van der Waals surface area contributed by atoms with Crippen LogP contribution in [0, 0.1) is 0 Å². The molecule has 0 radical (unpaired) electrons. The minimum Gasteiger partial charge on any atom is -0.471 e. The van der Waals surface area contributed by atoms with Gasteiger partial charge in [0, 0.05) is 21.9 Å². The molecule has 3 rings (SSSR count). The van der Waals surface area contributed by atoms with Crippen molar-refractivity contribution in [3.05, 3.63) is 63.2 Å². The van der Waals surface area contributed by atoms with Crippen LogP contribution in [0.4, 0.5) is 0 Å². The van der Waals surface area contributed by atoms with Crippen molar-refractivity contribution < 1.29 is 13.2 Å². The van der Waals surface area contributed by atoms with Gasteiger partial charge in [-0.2, -0.15) is 0 Å². The highest BCUT2D eigenvalue weighted by Gasteiger charge is 2.27. The van der Waals surface area contributed by atoms with Crippen molar-refractivity contribution in [2.45, 2.75) is 23.7 Å². The van der Waals surface area contributed by atoms with Crippen LogP contribution < -0.4 is 4.74 Å². The van der Waals surface area contributed by atoms with Gasteiger partial charge in [-0.05, 0) is 71.2 Å². The summed E-state index contributed by atoms with van der Waals surface area (Å²) in [4.78, 5) is 4.60. The van der Waals surface area contributed by atoms with Crippen molar-refractivity contribution in [2.75, 3.05) is 5.88 Å². The lowest BCUT2D eigenvalue weighted by Gasteiger charge is -2.19. The molecule has 4 nitrogen and oxygen atoms in total. The molecule has 8 heteroatoms. The molecular weight excluding hydrogens is 518 g/mol. The minimum absolute atomic E-state index is 0.199. The molecular formula is C19H16Br2ClNO3S. The maximum Gasteiger partial charge on any atom is 0.215 e. The number of halogens is 3. The Labute approximate surface area is 180 Å². The molecule has 0 amide bonds. The SMILES string of the molecule is CC(Oc1c(Br)cc(CCCl)c2cccnc12)S(=O)(=O)c1ccc(Br)cc1. The summed E-state index contributed by atoms with van der Waals surface area (Å²) in [5.74, 6) is 0.877. The van der Waals surface area contributed by atoms with E-state index in [-0.39, 0.29) is 4.90 Å². The zero-order valence-corrected chi connectivity index (χ0v) is 19.1. The molecule has 1 heterocycles. The van der Waals surface area contributed by atoms with Gasteiger partial charge in [-0.25, -0.2) is 8.42 Å². The number of nitrogens with zero attached hydrogens (tertiary/aromatic N) is 1. The summed E-state index contributed by atoms with van der Waals surface area (Å²) in [6.07, 6.45) is 2.33. The first-order chi connectivity index (χ1) is 12.8. The zero-order chi connectivity index (χ0) is 19.6. The molecule has 0 fully saturated rings. The number of hydrogen-bond acceptors (Lipinski definition) is 4. The lowest BCUT2D eigenvalue weighted by Crippen LogP contribution is -2.24. The summed E-state index contributed by atoms with van der Waals surface area (Å²) in [5, 5.41) is 0.893. The highest BCUT2D eigenvalue weighted by Crippen LogP contribution is 2.37. The van der Waals surface area contributed by atoms with Crippen LogP contribution >= 0.6 is 43.5 Å². The predicted octanol–water partition coefficient (Wildman–Crippen LogP) is 5.74. The predicted molar refractivity (Wildman–Crippen MR) is 115 cm³/mol. The van der Waals surface area contributed by atoms with E-state index in [1.165, 1.54) is 6.92 Å². The molecule has 0 aliphatic rings. The first-order valence-corrected chi connectivity index (χ1v) is 11.8. The highest BCUT2D eigenvalue weighted by molar-refractivity contribution is 9.10. The van der Waals surface area contributed by atoms with Crippen LogP contribution in [0.1, 0.15) is 12.5 Å². The monoisotopic (exact) mass is 531 g/mol. The van der Waals surface area contributed by atoms with E-state index in [2.05, 4.69) is 36.8 Å². The van der Waals surface area contributed by atoms with Crippen LogP contribution in [0.5, 0.6) is 5.75 Å². The molecule has 0 saturated carbocycles. The standard InChI is InChI=1S/C19H16Br2ClNO3S/c1-12(27(24,25)15-6-4-14(20)5-7-15)26-19-17(21)11-13(8-9-22)16-3-2-10-23-18(16)19/h2-7,10-12H,8-9H2,1H3. The second-order valence-electron chi connectivity index (χ2n) is 5.87. The lowest BCUT2D eigenvalue weighted by atomic mass is 10.1. The Morgan fingerprint density at radius 1 is 1.19 bits per heavy atom. The number of rotatable bonds is 6. The smallest absolute Gasteiger partial charge is 0.215 e. The van der Waals surface area contributed by atoms with Gasteiger partial charge in [0.05, 0.1) is 9.37 Å². The maximum atomic E-state index is 12.9. The molecule has 0 spiro atoms. The average Bonchev–Trinajstić information content (AvgIpc) is 2.65. The van der Waals surface area contributed by atoms with E-state index in [0.29, 0.717) is 28.0 Å². The third-order valence-electron chi connectivity index (χ3n) is 4.11. The van der Waals surface area contributed by atoms with Crippen LogP contribution in [0.15, 0.2) is 62.5 Å². The fourth-order valence-electron chi connectivity index (χ4n) is 2.72. The molecule has 1 unspecified atom stereocenters. The summed E-state index contributed by atoms with van der Waals surface area (Å²) in [7, 11) is -3.67. The van der Waals surface area contributed by atoms with Crippen molar-refractivity contribution in [1.82, 2.24) is 4.98 Å². The van der Waals surface area contributed by atoms with E-state index in [0.717, 1.165) is 15.4 Å². The topological polar surface area (TPSA) is 56.3 Å². The Hall–Kier alpha value is -1.15. The van der Waals surface area contributed by atoms with Crippen LogP contribution in [-0.4, -0.2) is 24.7 Å². The fourth-order valence-corrected chi connectivity index (χ4v) is 4.87. The average molecular weight is 534 g/mol. The molecule has 0 aliphatic heterocycles. The number of pyridine rings is 1. The quantitative estimate of drug-likeness (QED) is 0.379. The molecule has 0 bridgehead atoms. The minimum atomic E-state index is -3.67. The number of ether oxygens (including phenoxy) is 1.